The molecule has 0 unspecified atom stereocenters. The van der Waals surface area contributed by atoms with E-state index in [1.54, 1.807) is 0 Å². The first-order valence-electron chi connectivity index (χ1n) is 9.30. The molecule has 0 radical (unpaired) electrons. The number of rotatable bonds is 4. The van der Waals surface area contributed by atoms with Crippen LogP contribution in [0.25, 0.3) is 16.6 Å². The number of thioether (sulfide) groups is 1. The number of amides is 1. The van der Waals surface area contributed by atoms with E-state index in [2.05, 4.69) is 58.0 Å². The Morgan fingerprint density at radius 2 is 2.00 bits per heavy atom. The molecular weight excluding hydrogens is 344 g/mol. The van der Waals surface area contributed by atoms with Gasteiger partial charge in [-0.1, -0.05) is 49.2 Å². The molecule has 2 heterocycles. The lowest BCUT2D eigenvalue weighted by atomic mass is 9.95. The van der Waals surface area contributed by atoms with E-state index < -0.39 is 0 Å². The van der Waals surface area contributed by atoms with Crippen LogP contribution in [-0.4, -0.2) is 32.3 Å². The highest BCUT2D eigenvalue weighted by molar-refractivity contribution is 7.99. The number of carbonyl (C=O) groups is 1. The zero-order valence-electron chi connectivity index (χ0n) is 15.3. The third kappa shape index (κ3) is 3.30. The number of para-hydroxylation sites is 1. The number of nitrogens with one attached hydrogen (secondary N) is 1. The SMILES string of the molecule is Cc1cc2nnc(SCC(=O)NC3CCCCC3)n2c2c(C)cccc12. The molecule has 4 rings (SSSR count). The summed E-state index contributed by atoms with van der Waals surface area (Å²) in [5.41, 5.74) is 4.34. The van der Waals surface area contributed by atoms with Crippen molar-refractivity contribution in [1.29, 1.82) is 0 Å². The summed E-state index contributed by atoms with van der Waals surface area (Å²) in [6.45, 7) is 4.20. The molecular formula is C20H24N4OS. The first-order chi connectivity index (χ1) is 12.6. The Labute approximate surface area is 157 Å². The van der Waals surface area contributed by atoms with Crippen LogP contribution in [0.1, 0.15) is 43.2 Å². The molecule has 1 saturated carbocycles. The number of benzene rings is 1. The highest BCUT2D eigenvalue weighted by atomic mass is 32.2. The topological polar surface area (TPSA) is 59.3 Å². The number of aryl methyl sites for hydroxylation is 2. The van der Waals surface area contributed by atoms with Gasteiger partial charge in [-0.05, 0) is 43.9 Å². The minimum absolute atomic E-state index is 0.0896. The molecule has 1 aromatic carbocycles. The summed E-state index contributed by atoms with van der Waals surface area (Å²) in [4.78, 5) is 12.3. The highest BCUT2D eigenvalue weighted by Gasteiger charge is 2.18. The van der Waals surface area contributed by atoms with Crippen LogP contribution in [0.5, 0.6) is 0 Å². The van der Waals surface area contributed by atoms with Crippen LogP contribution >= 0.6 is 11.8 Å². The molecule has 26 heavy (non-hydrogen) atoms. The average Bonchev–Trinajstić information content (AvgIpc) is 3.04. The number of fused-ring (bicyclic) bond motifs is 3. The normalized spacial score (nSPS) is 15.6. The van der Waals surface area contributed by atoms with Crippen LogP contribution in [-0.2, 0) is 4.79 Å². The van der Waals surface area contributed by atoms with E-state index >= 15 is 0 Å². The van der Waals surface area contributed by atoms with Gasteiger partial charge in [0.1, 0.15) is 0 Å². The molecule has 136 valence electrons. The number of hydrogen-bond acceptors (Lipinski definition) is 4. The van der Waals surface area contributed by atoms with Gasteiger partial charge in [0, 0.05) is 11.4 Å². The van der Waals surface area contributed by atoms with Gasteiger partial charge < -0.3 is 5.32 Å². The first-order valence-corrected chi connectivity index (χ1v) is 10.3. The Kier molecular flexibility index (Phi) is 4.85. The van der Waals surface area contributed by atoms with Crippen LogP contribution in [0.15, 0.2) is 29.4 Å². The van der Waals surface area contributed by atoms with Gasteiger partial charge in [-0.25, -0.2) is 0 Å². The Morgan fingerprint density at radius 1 is 1.19 bits per heavy atom. The van der Waals surface area contributed by atoms with Crippen molar-refractivity contribution in [2.45, 2.75) is 57.1 Å². The van der Waals surface area contributed by atoms with E-state index in [1.807, 2.05) is 0 Å². The fourth-order valence-corrected chi connectivity index (χ4v) is 4.63. The zero-order chi connectivity index (χ0) is 18.1. The highest BCUT2D eigenvalue weighted by Crippen LogP contribution is 2.28. The van der Waals surface area contributed by atoms with Crippen molar-refractivity contribution in [2.75, 3.05) is 5.75 Å². The quantitative estimate of drug-likeness (QED) is 0.706. The standard InChI is InChI=1S/C20H24N4OS/c1-13-7-6-10-16-14(2)11-17-22-23-20(24(17)19(13)16)26-12-18(25)21-15-8-4-3-5-9-15/h6-7,10-11,15H,3-5,8-9,12H2,1-2H3,(H,21,25). The summed E-state index contributed by atoms with van der Waals surface area (Å²) < 4.78 is 2.08. The van der Waals surface area contributed by atoms with Crippen LogP contribution < -0.4 is 5.32 Å². The molecule has 1 fully saturated rings. The summed E-state index contributed by atoms with van der Waals surface area (Å²) >= 11 is 1.46. The largest absolute Gasteiger partial charge is 0.353 e. The first kappa shape index (κ1) is 17.3. The maximum atomic E-state index is 12.3. The number of pyridine rings is 1. The number of aromatic nitrogens is 3. The predicted octanol–water partition coefficient (Wildman–Crippen LogP) is 4.04. The van der Waals surface area contributed by atoms with Gasteiger partial charge >= 0.3 is 0 Å². The van der Waals surface area contributed by atoms with E-state index in [4.69, 9.17) is 0 Å². The minimum Gasteiger partial charge on any atom is -0.353 e. The molecule has 0 atom stereocenters. The van der Waals surface area contributed by atoms with Gasteiger partial charge in [0.25, 0.3) is 0 Å². The lowest BCUT2D eigenvalue weighted by Crippen LogP contribution is -2.37. The van der Waals surface area contributed by atoms with E-state index in [9.17, 15) is 4.79 Å². The Morgan fingerprint density at radius 3 is 2.81 bits per heavy atom. The Balaban J connectivity index is 1.58. The lowest BCUT2D eigenvalue weighted by Gasteiger charge is -2.22. The summed E-state index contributed by atoms with van der Waals surface area (Å²) in [6.07, 6.45) is 5.94. The number of carbonyl (C=O) groups excluding carboxylic acids is 1. The van der Waals surface area contributed by atoms with Crippen molar-refractivity contribution in [2.24, 2.45) is 0 Å². The van der Waals surface area contributed by atoms with Gasteiger partial charge in [-0.3, -0.25) is 9.20 Å². The van der Waals surface area contributed by atoms with Crippen molar-refractivity contribution >= 4 is 34.2 Å². The van der Waals surface area contributed by atoms with Gasteiger partial charge in [0.15, 0.2) is 10.8 Å². The van der Waals surface area contributed by atoms with Gasteiger partial charge in [0.05, 0.1) is 11.3 Å². The summed E-state index contributed by atoms with van der Waals surface area (Å²) in [5, 5.41) is 13.8. The Bertz CT molecular complexity index is 959. The average molecular weight is 369 g/mol. The maximum Gasteiger partial charge on any atom is 0.230 e. The number of hydrogen-bond donors (Lipinski definition) is 1. The van der Waals surface area contributed by atoms with E-state index in [0.29, 0.717) is 11.8 Å². The van der Waals surface area contributed by atoms with Crippen LogP contribution in [0.4, 0.5) is 0 Å². The van der Waals surface area contributed by atoms with E-state index in [1.165, 1.54) is 47.5 Å². The van der Waals surface area contributed by atoms with Crippen LogP contribution in [0.3, 0.4) is 0 Å². The fourth-order valence-electron chi connectivity index (χ4n) is 3.87. The molecule has 3 aromatic rings. The molecule has 1 aliphatic carbocycles. The summed E-state index contributed by atoms with van der Waals surface area (Å²) in [5.74, 6) is 0.463. The predicted molar refractivity (Wildman–Crippen MR) is 106 cm³/mol. The molecule has 0 bridgehead atoms. The third-order valence-electron chi connectivity index (χ3n) is 5.19. The van der Waals surface area contributed by atoms with Crippen molar-refractivity contribution in [3.63, 3.8) is 0 Å². The lowest BCUT2D eigenvalue weighted by molar-refractivity contribution is -0.119. The van der Waals surface area contributed by atoms with Crippen molar-refractivity contribution < 1.29 is 4.79 Å². The molecule has 1 N–H and O–H groups in total. The molecule has 0 spiro atoms. The third-order valence-corrected chi connectivity index (χ3v) is 6.12. The minimum atomic E-state index is 0.0896. The van der Waals surface area contributed by atoms with Crippen molar-refractivity contribution in [3.05, 3.63) is 35.4 Å². The molecule has 1 amide bonds. The molecule has 1 aliphatic rings. The molecule has 0 saturated heterocycles. The second-order valence-electron chi connectivity index (χ2n) is 7.17. The monoisotopic (exact) mass is 368 g/mol. The van der Waals surface area contributed by atoms with Gasteiger partial charge in [-0.15, -0.1) is 10.2 Å². The van der Waals surface area contributed by atoms with Gasteiger partial charge in [0.2, 0.25) is 5.91 Å². The maximum absolute atomic E-state index is 12.3. The summed E-state index contributed by atoms with van der Waals surface area (Å²) in [6, 6.07) is 8.71. The van der Waals surface area contributed by atoms with E-state index in [-0.39, 0.29) is 5.91 Å². The Hall–Kier alpha value is -2.08. The molecule has 5 nitrogen and oxygen atoms in total. The van der Waals surface area contributed by atoms with Crippen molar-refractivity contribution in [1.82, 2.24) is 19.9 Å². The smallest absolute Gasteiger partial charge is 0.230 e. The second-order valence-corrected chi connectivity index (χ2v) is 8.11. The van der Waals surface area contributed by atoms with Crippen LogP contribution in [0, 0.1) is 13.8 Å². The van der Waals surface area contributed by atoms with Crippen LogP contribution in [0.2, 0.25) is 0 Å². The van der Waals surface area contributed by atoms with Crippen molar-refractivity contribution in [3.8, 4) is 0 Å². The number of nitrogens with zero attached hydrogens (tertiary/aromatic N) is 3. The zero-order valence-corrected chi connectivity index (χ0v) is 16.1. The van der Waals surface area contributed by atoms with E-state index in [0.717, 1.165) is 29.2 Å². The second kappa shape index (κ2) is 7.27. The summed E-state index contributed by atoms with van der Waals surface area (Å²) in [7, 11) is 0. The molecule has 0 aliphatic heterocycles. The fraction of sp³-hybridized carbons (Fsp3) is 0.450. The molecule has 2 aromatic heterocycles. The molecule has 6 heteroatoms. The van der Waals surface area contributed by atoms with Gasteiger partial charge in [-0.2, -0.15) is 0 Å².